The monoisotopic (exact) mass is 235 g/mol. The van der Waals surface area contributed by atoms with E-state index in [1.165, 1.54) is 12.2 Å². The predicted molar refractivity (Wildman–Crippen MR) is 65.7 cm³/mol. The SMILES string of the molecule is CCCCCC1C(=C=O)C=CC([N+](=O)[O-])=C1C. The Labute approximate surface area is 101 Å². The Kier molecular flexibility index (Phi) is 4.85. The second kappa shape index (κ2) is 6.16. The number of allylic oxidation sites excluding steroid dienone is 4. The highest BCUT2D eigenvalue weighted by Gasteiger charge is 2.27. The number of unbranched alkanes of at least 4 members (excludes halogenated alkanes) is 2. The van der Waals surface area contributed by atoms with E-state index in [9.17, 15) is 14.9 Å². The third-order valence-corrected chi connectivity index (χ3v) is 3.13. The quantitative estimate of drug-likeness (QED) is 0.318. The van der Waals surface area contributed by atoms with Gasteiger partial charge in [0.2, 0.25) is 0 Å². The maximum atomic E-state index is 10.8. The number of rotatable bonds is 5. The second-order valence-corrected chi connectivity index (χ2v) is 4.26. The molecule has 0 aromatic rings. The molecule has 0 aromatic heterocycles. The van der Waals surface area contributed by atoms with E-state index in [0.29, 0.717) is 11.1 Å². The molecular weight excluding hydrogens is 218 g/mol. The van der Waals surface area contributed by atoms with E-state index >= 15 is 0 Å². The molecule has 0 N–H and O–H groups in total. The summed E-state index contributed by atoms with van der Waals surface area (Å²) < 4.78 is 0. The minimum Gasteiger partial charge on any atom is -0.258 e. The first kappa shape index (κ1) is 13.4. The van der Waals surface area contributed by atoms with E-state index in [0.717, 1.165) is 25.7 Å². The third-order valence-electron chi connectivity index (χ3n) is 3.13. The van der Waals surface area contributed by atoms with Crippen LogP contribution in [0.4, 0.5) is 0 Å². The zero-order valence-corrected chi connectivity index (χ0v) is 10.2. The van der Waals surface area contributed by atoms with Crippen LogP contribution in [0, 0.1) is 16.0 Å². The van der Waals surface area contributed by atoms with Crippen LogP contribution in [-0.4, -0.2) is 10.9 Å². The summed E-state index contributed by atoms with van der Waals surface area (Å²) in [6, 6.07) is 0. The van der Waals surface area contributed by atoms with Gasteiger partial charge in [0.1, 0.15) is 5.94 Å². The lowest BCUT2D eigenvalue weighted by atomic mass is 9.83. The van der Waals surface area contributed by atoms with E-state index in [1.807, 2.05) is 5.94 Å². The van der Waals surface area contributed by atoms with Crippen molar-refractivity contribution in [3.8, 4) is 0 Å². The molecule has 0 aliphatic heterocycles. The van der Waals surface area contributed by atoms with Gasteiger partial charge in [0.05, 0.1) is 4.92 Å². The molecule has 0 fully saturated rings. The van der Waals surface area contributed by atoms with Crippen LogP contribution in [0.5, 0.6) is 0 Å². The van der Waals surface area contributed by atoms with Crippen molar-refractivity contribution in [1.29, 1.82) is 0 Å². The molecule has 0 spiro atoms. The van der Waals surface area contributed by atoms with Gasteiger partial charge in [-0.2, -0.15) is 0 Å². The Bertz CT molecular complexity index is 414. The van der Waals surface area contributed by atoms with Gasteiger partial charge in [-0.15, -0.1) is 0 Å². The van der Waals surface area contributed by atoms with Crippen LogP contribution >= 0.6 is 0 Å². The first-order chi connectivity index (χ1) is 8.11. The maximum Gasteiger partial charge on any atom is 0.269 e. The Morgan fingerprint density at radius 2 is 2.12 bits per heavy atom. The summed E-state index contributed by atoms with van der Waals surface area (Å²) in [4.78, 5) is 21.3. The van der Waals surface area contributed by atoms with Crippen molar-refractivity contribution in [3.63, 3.8) is 0 Å². The Hall–Kier alpha value is -1.67. The van der Waals surface area contributed by atoms with Crippen LogP contribution in [0.3, 0.4) is 0 Å². The minimum atomic E-state index is -0.389. The standard InChI is InChI=1S/C13H17NO3/c1-3-4-5-6-12-10(2)13(14(16)17)8-7-11(12)9-15/h7-8,12H,3-6H2,1-2H3. The average molecular weight is 235 g/mol. The Morgan fingerprint density at radius 3 is 2.65 bits per heavy atom. The molecule has 0 aromatic carbocycles. The van der Waals surface area contributed by atoms with E-state index in [4.69, 9.17) is 0 Å². The number of hydrogen-bond donors (Lipinski definition) is 0. The number of carbonyl (C=O) groups excluding carboxylic acids is 1. The van der Waals surface area contributed by atoms with E-state index in [2.05, 4.69) is 6.92 Å². The van der Waals surface area contributed by atoms with Crippen molar-refractivity contribution in [2.75, 3.05) is 0 Å². The topological polar surface area (TPSA) is 60.2 Å². The number of nitrogens with zero attached hydrogens (tertiary/aromatic N) is 1. The second-order valence-electron chi connectivity index (χ2n) is 4.26. The van der Waals surface area contributed by atoms with Crippen LogP contribution < -0.4 is 0 Å². The fraction of sp³-hybridized carbons (Fsp3) is 0.538. The fourth-order valence-electron chi connectivity index (χ4n) is 2.11. The smallest absolute Gasteiger partial charge is 0.258 e. The van der Waals surface area contributed by atoms with Crippen LogP contribution in [0.1, 0.15) is 39.5 Å². The van der Waals surface area contributed by atoms with Gasteiger partial charge in [-0.1, -0.05) is 26.2 Å². The largest absolute Gasteiger partial charge is 0.269 e. The fourth-order valence-corrected chi connectivity index (χ4v) is 2.11. The van der Waals surface area contributed by atoms with Gasteiger partial charge in [0, 0.05) is 23.1 Å². The van der Waals surface area contributed by atoms with Gasteiger partial charge in [-0.25, -0.2) is 4.79 Å². The number of hydrogen-bond acceptors (Lipinski definition) is 3. The molecule has 4 heteroatoms. The summed E-state index contributed by atoms with van der Waals surface area (Å²) >= 11 is 0. The summed E-state index contributed by atoms with van der Waals surface area (Å²) in [6.45, 7) is 3.83. The van der Waals surface area contributed by atoms with Crippen molar-refractivity contribution < 1.29 is 9.72 Å². The molecule has 4 nitrogen and oxygen atoms in total. The zero-order valence-electron chi connectivity index (χ0n) is 10.2. The van der Waals surface area contributed by atoms with Crippen LogP contribution in [0.2, 0.25) is 0 Å². The summed E-state index contributed by atoms with van der Waals surface area (Å²) in [6.07, 6.45) is 6.84. The molecule has 0 radical (unpaired) electrons. The van der Waals surface area contributed by atoms with Gasteiger partial charge in [0.25, 0.3) is 5.70 Å². The van der Waals surface area contributed by atoms with Gasteiger partial charge in [-0.05, 0) is 19.4 Å². The molecule has 92 valence electrons. The molecule has 0 heterocycles. The molecule has 0 bridgehead atoms. The van der Waals surface area contributed by atoms with Crippen molar-refractivity contribution in [3.05, 3.63) is 39.1 Å². The third kappa shape index (κ3) is 3.14. The highest BCUT2D eigenvalue weighted by Crippen LogP contribution is 2.32. The van der Waals surface area contributed by atoms with Gasteiger partial charge in [-0.3, -0.25) is 10.1 Å². The number of nitro groups is 1. The minimum absolute atomic E-state index is 0.116. The molecule has 0 saturated carbocycles. The van der Waals surface area contributed by atoms with Crippen LogP contribution in [-0.2, 0) is 4.79 Å². The van der Waals surface area contributed by atoms with Crippen molar-refractivity contribution in [2.45, 2.75) is 39.5 Å². The molecule has 1 unspecified atom stereocenters. The maximum absolute atomic E-state index is 10.8. The predicted octanol–water partition coefficient (Wildman–Crippen LogP) is 3.06. The first-order valence-corrected chi connectivity index (χ1v) is 5.90. The summed E-state index contributed by atoms with van der Waals surface area (Å²) in [5, 5.41) is 10.8. The lowest BCUT2D eigenvalue weighted by Gasteiger charge is -2.19. The van der Waals surface area contributed by atoms with E-state index < -0.39 is 0 Å². The Balaban J connectivity index is 2.92. The van der Waals surface area contributed by atoms with E-state index in [1.54, 1.807) is 6.92 Å². The van der Waals surface area contributed by atoms with Crippen molar-refractivity contribution in [2.24, 2.45) is 5.92 Å². The molecule has 1 rings (SSSR count). The molecule has 17 heavy (non-hydrogen) atoms. The van der Waals surface area contributed by atoms with Gasteiger partial charge >= 0.3 is 0 Å². The highest BCUT2D eigenvalue weighted by atomic mass is 16.6. The molecule has 1 atom stereocenters. The summed E-state index contributed by atoms with van der Waals surface area (Å²) in [7, 11) is 0. The van der Waals surface area contributed by atoms with E-state index in [-0.39, 0.29) is 16.5 Å². The van der Waals surface area contributed by atoms with Crippen LogP contribution in [0.25, 0.3) is 0 Å². The Morgan fingerprint density at radius 1 is 1.41 bits per heavy atom. The molecule has 0 saturated heterocycles. The molecule has 0 amide bonds. The zero-order chi connectivity index (χ0) is 12.8. The highest BCUT2D eigenvalue weighted by molar-refractivity contribution is 5.62. The molecule has 1 aliphatic carbocycles. The average Bonchev–Trinajstić information content (AvgIpc) is 2.30. The van der Waals surface area contributed by atoms with Gasteiger partial charge < -0.3 is 0 Å². The lowest BCUT2D eigenvalue weighted by molar-refractivity contribution is -0.420. The molecular formula is C13H17NO3. The van der Waals surface area contributed by atoms with Crippen molar-refractivity contribution >= 4 is 5.94 Å². The van der Waals surface area contributed by atoms with Crippen LogP contribution in [0.15, 0.2) is 29.0 Å². The first-order valence-electron chi connectivity index (χ1n) is 5.90. The summed E-state index contributed by atoms with van der Waals surface area (Å²) in [5.74, 6) is 1.76. The normalized spacial score (nSPS) is 19.4. The summed E-state index contributed by atoms with van der Waals surface area (Å²) in [5.41, 5.74) is 1.32. The lowest BCUT2D eigenvalue weighted by Crippen LogP contribution is -2.14. The van der Waals surface area contributed by atoms with Crippen molar-refractivity contribution in [1.82, 2.24) is 0 Å². The molecule has 1 aliphatic rings. The van der Waals surface area contributed by atoms with Gasteiger partial charge in [0.15, 0.2) is 0 Å².